The molecule has 2 aromatic rings. The second-order valence-electron chi connectivity index (χ2n) is 3.90. The molecule has 1 aromatic heterocycles. The Labute approximate surface area is 124 Å². The summed E-state index contributed by atoms with van der Waals surface area (Å²) >= 11 is 13.3. The molecule has 0 amide bonds. The Morgan fingerprint density at radius 2 is 2.05 bits per heavy atom. The second-order valence-corrected chi connectivity index (χ2v) is 6.05. The molecule has 1 atom stereocenters. The first kappa shape index (κ1) is 14.1. The standard InChI is InChI=1S/C12H10Cl2N2O2S/c1-7(10-5-6-11(14)19-10)15-12-8(13)3-2-4-9(12)16(17)18/h2-7,15H,1H3. The van der Waals surface area contributed by atoms with Gasteiger partial charge < -0.3 is 5.32 Å². The molecule has 7 heteroatoms. The third kappa shape index (κ3) is 3.18. The average molecular weight is 317 g/mol. The van der Waals surface area contributed by atoms with Gasteiger partial charge in [0.25, 0.3) is 5.69 Å². The van der Waals surface area contributed by atoms with Gasteiger partial charge in [0.1, 0.15) is 5.69 Å². The van der Waals surface area contributed by atoms with E-state index in [4.69, 9.17) is 23.2 Å². The van der Waals surface area contributed by atoms with Crippen LogP contribution in [-0.4, -0.2) is 4.92 Å². The summed E-state index contributed by atoms with van der Waals surface area (Å²) in [6.07, 6.45) is 0. The van der Waals surface area contributed by atoms with Gasteiger partial charge in [-0.3, -0.25) is 10.1 Å². The number of benzene rings is 1. The fourth-order valence-corrected chi connectivity index (χ4v) is 2.94. The molecule has 1 unspecified atom stereocenters. The van der Waals surface area contributed by atoms with E-state index in [1.165, 1.54) is 17.4 Å². The number of nitro benzene ring substituents is 1. The van der Waals surface area contributed by atoms with Crippen LogP contribution in [-0.2, 0) is 0 Å². The molecule has 0 radical (unpaired) electrons. The monoisotopic (exact) mass is 316 g/mol. The van der Waals surface area contributed by atoms with Crippen molar-refractivity contribution in [3.8, 4) is 0 Å². The predicted molar refractivity (Wildman–Crippen MR) is 79.5 cm³/mol. The van der Waals surface area contributed by atoms with E-state index in [9.17, 15) is 10.1 Å². The molecule has 100 valence electrons. The van der Waals surface area contributed by atoms with Crippen molar-refractivity contribution in [3.63, 3.8) is 0 Å². The molecule has 0 fully saturated rings. The molecule has 1 N–H and O–H groups in total. The highest BCUT2D eigenvalue weighted by Crippen LogP contribution is 2.36. The molecule has 0 saturated carbocycles. The van der Waals surface area contributed by atoms with E-state index >= 15 is 0 Å². The van der Waals surface area contributed by atoms with Crippen molar-refractivity contribution in [2.45, 2.75) is 13.0 Å². The lowest BCUT2D eigenvalue weighted by molar-refractivity contribution is -0.384. The van der Waals surface area contributed by atoms with Gasteiger partial charge in [0.2, 0.25) is 0 Å². The molecule has 4 nitrogen and oxygen atoms in total. The van der Waals surface area contributed by atoms with Crippen LogP contribution in [0, 0.1) is 10.1 Å². The number of rotatable bonds is 4. The lowest BCUT2D eigenvalue weighted by Gasteiger charge is -2.14. The smallest absolute Gasteiger partial charge is 0.293 e. The first-order valence-corrected chi connectivity index (χ1v) is 7.01. The van der Waals surface area contributed by atoms with Crippen LogP contribution in [0.15, 0.2) is 30.3 Å². The topological polar surface area (TPSA) is 55.2 Å². The lowest BCUT2D eigenvalue weighted by Crippen LogP contribution is -2.07. The summed E-state index contributed by atoms with van der Waals surface area (Å²) in [7, 11) is 0. The van der Waals surface area contributed by atoms with Gasteiger partial charge in [-0.1, -0.05) is 29.3 Å². The van der Waals surface area contributed by atoms with Crippen LogP contribution in [0.1, 0.15) is 17.8 Å². The van der Waals surface area contributed by atoms with Gasteiger partial charge in [0.15, 0.2) is 0 Å². The van der Waals surface area contributed by atoms with Crippen LogP contribution in [0.4, 0.5) is 11.4 Å². The van der Waals surface area contributed by atoms with Gasteiger partial charge in [0.05, 0.1) is 20.3 Å². The van der Waals surface area contributed by atoms with Gasteiger partial charge in [-0.2, -0.15) is 0 Å². The molecular weight excluding hydrogens is 307 g/mol. The van der Waals surface area contributed by atoms with E-state index in [1.54, 1.807) is 18.2 Å². The number of nitro groups is 1. The van der Waals surface area contributed by atoms with E-state index in [1.807, 2.05) is 13.0 Å². The van der Waals surface area contributed by atoms with Crippen LogP contribution in [0.5, 0.6) is 0 Å². The summed E-state index contributed by atoms with van der Waals surface area (Å²) < 4.78 is 0.678. The fraction of sp³-hybridized carbons (Fsp3) is 0.167. The van der Waals surface area contributed by atoms with Gasteiger partial charge in [0, 0.05) is 10.9 Å². The van der Waals surface area contributed by atoms with Crippen molar-refractivity contribution < 1.29 is 4.92 Å². The third-order valence-electron chi connectivity index (χ3n) is 2.57. The van der Waals surface area contributed by atoms with E-state index < -0.39 is 4.92 Å². The van der Waals surface area contributed by atoms with E-state index in [0.29, 0.717) is 15.0 Å². The summed E-state index contributed by atoms with van der Waals surface area (Å²) in [6.45, 7) is 1.90. The molecule has 0 bridgehead atoms. The number of hydrogen-bond acceptors (Lipinski definition) is 4. The molecule has 0 aliphatic carbocycles. The maximum Gasteiger partial charge on any atom is 0.293 e. The third-order valence-corrected chi connectivity index (χ3v) is 4.30. The summed E-state index contributed by atoms with van der Waals surface area (Å²) in [5.74, 6) is 0. The highest BCUT2D eigenvalue weighted by Gasteiger charge is 2.19. The molecular formula is C12H10Cl2N2O2S. The van der Waals surface area contributed by atoms with Crippen LogP contribution in [0.2, 0.25) is 9.36 Å². The Hall–Kier alpha value is -1.30. The van der Waals surface area contributed by atoms with E-state index in [-0.39, 0.29) is 11.7 Å². The fourth-order valence-electron chi connectivity index (χ4n) is 1.66. The highest BCUT2D eigenvalue weighted by molar-refractivity contribution is 7.16. The molecule has 0 saturated heterocycles. The summed E-state index contributed by atoms with van der Waals surface area (Å²) in [4.78, 5) is 11.5. The van der Waals surface area contributed by atoms with Crippen LogP contribution >= 0.6 is 34.5 Å². The number of hydrogen-bond donors (Lipinski definition) is 1. The number of halogens is 2. The molecule has 1 aromatic carbocycles. The zero-order chi connectivity index (χ0) is 14.0. The zero-order valence-electron chi connectivity index (χ0n) is 9.89. The Balaban J connectivity index is 2.30. The van der Waals surface area contributed by atoms with E-state index in [0.717, 1.165) is 4.88 Å². The van der Waals surface area contributed by atoms with Crippen molar-refractivity contribution in [3.05, 3.63) is 54.7 Å². The normalized spacial score (nSPS) is 12.2. The maximum atomic E-state index is 11.0. The van der Waals surface area contributed by atoms with Crippen molar-refractivity contribution in [1.82, 2.24) is 0 Å². The summed E-state index contributed by atoms with van der Waals surface area (Å²) in [6, 6.07) is 8.15. The quantitative estimate of drug-likeness (QED) is 0.628. The molecule has 1 heterocycles. The van der Waals surface area contributed by atoms with Gasteiger partial charge in [-0.25, -0.2) is 0 Å². The molecule has 0 spiro atoms. The van der Waals surface area contributed by atoms with Crippen molar-refractivity contribution in [2.24, 2.45) is 0 Å². The largest absolute Gasteiger partial charge is 0.371 e. The second kappa shape index (κ2) is 5.77. The van der Waals surface area contributed by atoms with E-state index in [2.05, 4.69) is 5.32 Å². The number of nitrogens with one attached hydrogen (secondary N) is 1. The number of para-hydroxylation sites is 1. The molecule has 2 rings (SSSR count). The van der Waals surface area contributed by atoms with Crippen molar-refractivity contribution in [1.29, 1.82) is 0 Å². The Bertz CT molecular complexity index is 616. The zero-order valence-corrected chi connectivity index (χ0v) is 12.2. The van der Waals surface area contributed by atoms with Crippen LogP contribution in [0.25, 0.3) is 0 Å². The van der Waals surface area contributed by atoms with Crippen molar-refractivity contribution in [2.75, 3.05) is 5.32 Å². The first-order chi connectivity index (χ1) is 8.99. The number of thiophene rings is 1. The number of anilines is 1. The van der Waals surface area contributed by atoms with Crippen LogP contribution < -0.4 is 5.32 Å². The first-order valence-electron chi connectivity index (χ1n) is 5.43. The maximum absolute atomic E-state index is 11.0. The Morgan fingerprint density at radius 3 is 2.63 bits per heavy atom. The Morgan fingerprint density at radius 1 is 1.32 bits per heavy atom. The Kier molecular flexibility index (Phi) is 4.29. The average Bonchev–Trinajstić information content (AvgIpc) is 2.78. The lowest BCUT2D eigenvalue weighted by atomic mass is 10.2. The summed E-state index contributed by atoms with van der Waals surface area (Å²) in [5.41, 5.74) is 0.285. The molecule has 0 aliphatic heterocycles. The molecule has 0 aliphatic rings. The van der Waals surface area contributed by atoms with Gasteiger partial charge in [-0.05, 0) is 25.1 Å². The summed E-state index contributed by atoms with van der Waals surface area (Å²) in [5, 5.41) is 14.4. The minimum atomic E-state index is -0.456. The SMILES string of the molecule is CC(Nc1c(Cl)cccc1[N+](=O)[O-])c1ccc(Cl)s1. The number of nitrogens with zero attached hydrogens (tertiary/aromatic N) is 1. The molecule has 19 heavy (non-hydrogen) atoms. The van der Waals surface area contributed by atoms with Crippen molar-refractivity contribution >= 4 is 45.9 Å². The van der Waals surface area contributed by atoms with Gasteiger partial charge >= 0.3 is 0 Å². The highest BCUT2D eigenvalue weighted by atomic mass is 35.5. The van der Waals surface area contributed by atoms with Crippen LogP contribution in [0.3, 0.4) is 0 Å². The van der Waals surface area contributed by atoms with Gasteiger partial charge in [-0.15, -0.1) is 11.3 Å². The minimum absolute atomic E-state index is 0.0398. The predicted octanol–water partition coefficient (Wildman–Crippen LogP) is 5.14. The minimum Gasteiger partial charge on any atom is -0.371 e.